The van der Waals surface area contributed by atoms with E-state index in [9.17, 15) is 0 Å². The van der Waals surface area contributed by atoms with Gasteiger partial charge in [0.05, 0.1) is 26.9 Å². The third-order valence-corrected chi connectivity index (χ3v) is 4.23. The lowest BCUT2D eigenvalue weighted by molar-refractivity contribution is 0.298. The topological polar surface area (TPSA) is 30.9 Å². The van der Waals surface area contributed by atoms with Gasteiger partial charge in [-0.15, -0.1) is 0 Å². The maximum atomic E-state index is 5.82. The molecular weight excluding hydrogens is 338 g/mol. The summed E-state index contributed by atoms with van der Waals surface area (Å²) in [6.07, 6.45) is 6.21. The van der Waals surface area contributed by atoms with Gasteiger partial charge in [-0.25, -0.2) is 0 Å². The van der Waals surface area contributed by atoms with Crippen LogP contribution >= 0.6 is 0 Å². The van der Waals surface area contributed by atoms with Gasteiger partial charge in [-0.3, -0.25) is 4.90 Å². The Morgan fingerprint density at radius 1 is 0.926 bits per heavy atom. The molecule has 0 fully saturated rings. The fraction of sp³-hybridized carbons (Fsp3) is 0.304. The quantitative estimate of drug-likeness (QED) is 0.464. The highest BCUT2D eigenvalue weighted by Gasteiger charge is 2.10. The highest BCUT2D eigenvalue weighted by Crippen LogP contribution is 2.24. The molecule has 0 N–H and O–H groups in total. The zero-order valence-electron chi connectivity index (χ0n) is 16.8. The minimum Gasteiger partial charge on any atom is -0.497 e. The number of hydrogen-bond donors (Lipinski definition) is 0. The molecule has 0 aliphatic rings. The monoisotopic (exact) mass is 367 g/mol. The molecule has 0 aliphatic carbocycles. The molecule has 0 aliphatic heterocycles. The van der Waals surface area contributed by atoms with Crippen LogP contribution in [0, 0.1) is 0 Å². The molecule has 0 spiro atoms. The first-order valence-corrected chi connectivity index (χ1v) is 9.05. The molecule has 0 radical (unpaired) electrons. The number of allylic oxidation sites excluding steroid dienone is 2. The Kier molecular flexibility index (Phi) is 7.96. The predicted octanol–water partition coefficient (Wildman–Crippen LogP) is 4.94. The Morgan fingerprint density at radius 2 is 1.48 bits per heavy atom. The van der Waals surface area contributed by atoms with Crippen molar-refractivity contribution in [2.24, 2.45) is 0 Å². The summed E-state index contributed by atoms with van der Waals surface area (Å²) in [5.74, 6) is 2.53. The first-order valence-electron chi connectivity index (χ1n) is 9.05. The Morgan fingerprint density at radius 3 is 1.96 bits per heavy atom. The van der Waals surface area contributed by atoms with Crippen LogP contribution in [0.5, 0.6) is 11.5 Å². The van der Waals surface area contributed by atoms with E-state index in [0.29, 0.717) is 6.61 Å². The zero-order chi connectivity index (χ0) is 19.6. The van der Waals surface area contributed by atoms with Gasteiger partial charge in [0.2, 0.25) is 0 Å². The van der Waals surface area contributed by atoms with Crippen LogP contribution in [-0.4, -0.2) is 39.8 Å². The van der Waals surface area contributed by atoms with Gasteiger partial charge in [-0.2, -0.15) is 0 Å². The molecule has 27 heavy (non-hydrogen) atoms. The number of likely N-dealkylation sites (N-methyl/N-ethyl adjacent to an activating group) is 1. The number of rotatable bonds is 9. The van der Waals surface area contributed by atoms with Crippen molar-refractivity contribution < 1.29 is 14.2 Å². The van der Waals surface area contributed by atoms with Gasteiger partial charge in [0, 0.05) is 5.56 Å². The zero-order valence-corrected chi connectivity index (χ0v) is 16.8. The predicted molar refractivity (Wildman–Crippen MR) is 111 cm³/mol. The van der Waals surface area contributed by atoms with Crippen molar-refractivity contribution in [3.63, 3.8) is 0 Å². The lowest BCUT2D eigenvalue weighted by Gasteiger charge is -2.21. The van der Waals surface area contributed by atoms with Gasteiger partial charge in [0.1, 0.15) is 17.3 Å². The van der Waals surface area contributed by atoms with E-state index in [1.807, 2.05) is 55.5 Å². The molecule has 0 saturated heterocycles. The smallest absolute Gasteiger partial charge is 0.126 e. The van der Waals surface area contributed by atoms with E-state index in [0.717, 1.165) is 22.8 Å². The normalized spacial score (nSPS) is 13.0. The average Bonchev–Trinajstić information content (AvgIpc) is 2.70. The van der Waals surface area contributed by atoms with Crippen molar-refractivity contribution in [3.05, 3.63) is 77.9 Å². The maximum Gasteiger partial charge on any atom is 0.126 e. The highest BCUT2D eigenvalue weighted by molar-refractivity contribution is 5.62. The van der Waals surface area contributed by atoms with Crippen LogP contribution in [0.3, 0.4) is 0 Å². The molecule has 2 rings (SSSR count). The first kappa shape index (κ1) is 20.6. The minimum atomic E-state index is 0.158. The lowest BCUT2D eigenvalue weighted by Crippen LogP contribution is -2.17. The van der Waals surface area contributed by atoms with Crippen LogP contribution in [0.2, 0.25) is 0 Å². The highest BCUT2D eigenvalue weighted by atomic mass is 16.5. The molecule has 0 heterocycles. The molecule has 0 amide bonds. The summed E-state index contributed by atoms with van der Waals surface area (Å²) in [5, 5.41) is 0. The second-order valence-corrected chi connectivity index (χ2v) is 6.26. The van der Waals surface area contributed by atoms with E-state index in [2.05, 4.69) is 37.2 Å². The molecule has 0 bridgehead atoms. The van der Waals surface area contributed by atoms with Crippen molar-refractivity contribution in [1.29, 1.82) is 0 Å². The molecule has 1 unspecified atom stereocenters. The molecule has 0 saturated carbocycles. The van der Waals surface area contributed by atoms with Crippen molar-refractivity contribution in [3.8, 4) is 11.5 Å². The van der Waals surface area contributed by atoms with Crippen LogP contribution in [0.1, 0.15) is 24.1 Å². The third-order valence-electron chi connectivity index (χ3n) is 4.23. The van der Waals surface area contributed by atoms with Crippen LogP contribution < -0.4 is 9.47 Å². The molecular formula is C23H29NO3. The molecule has 1 atom stereocenters. The van der Waals surface area contributed by atoms with E-state index < -0.39 is 0 Å². The SMILES string of the molecule is CCO/C(=C/C=C/C(c1ccc(OC)cc1)N(C)C)c1ccc(OC)cc1. The molecule has 144 valence electrons. The lowest BCUT2D eigenvalue weighted by atomic mass is 10.0. The van der Waals surface area contributed by atoms with Crippen molar-refractivity contribution in [2.75, 3.05) is 34.9 Å². The Bertz CT molecular complexity index is 746. The fourth-order valence-corrected chi connectivity index (χ4v) is 2.77. The van der Waals surface area contributed by atoms with Gasteiger partial charge < -0.3 is 14.2 Å². The number of nitrogens with zero attached hydrogens (tertiary/aromatic N) is 1. The molecule has 4 heteroatoms. The number of hydrogen-bond acceptors (Lipinski definition) is 4. The van der Waals surface area contributed by atoms with Gasteiger partial charge in [0.25, 0.3) is 0 Å². The summed E-state index contributed by atoms with van der Waals surface area (Å²) in [6, 6.07) is 16.2. The summed E-state index contributed by atoms with van der Waals surface area (Å²) in [7, 11) is 7.47. The molecule has 2 aromatic rings. The van der Waals surface area contributed by atoms with Gasteiger partial charge in [0.15, 0.2) is 0 Å². The van der Waals surface area contributed by atoms with E-state index in [4.69, 9.17) is 14.2 Å². The largest absolute Gasteiger partial charge is 0.497 e. The van der Waals surface area contributed by atoms with Crippen LogP contribution in [0.4, 0.5) is 0 Å². The van der Waals surface area contributed by atoms with Crippen LogP contribution in [0.25, 0.3) is 5.76 Å². The van der Waals surface area contributed by atoms with Crippen molar-refractivity contribution in [1.82, 2.24) is 4.90 Å². The Balaban J connectivity index is 2.22. The summed E-state index contributed by atoms with van der Waals surface area (Å²) >= 11 is 0. The van der Waals surface area contributed by atoms with E-state index in [1.165, 1.54) is 5.56 Å². The van der Waals surface area contributed by atoms with Crippen molar-refractivity contribution >= 4 is 5.76 Å². The second kappa shape index (κ2) is 10.4. The van der Waals surface area contributed by atoms with Gasteiger partial charge in [-0.05, 0) is 69.1 Å². The maximum absolute atomic E-state index is 5.82. The third kappa shape index (κ3) is 5.90. The van der Waals surface area contributed by atoms with E-state index >= 15 is 0 Å². The van der Waals surface area contributed by atoms with Crippen LogP contribution in [-0.2, 0) is 4.74 Å². The van der Waals surface area contributed by atoms with Crippen LogP contribution in [0.15, 0.2) is 66.8 Å². The number of benzene rings is 2. The second-order valence-electron chi connectivity index (χ2n) is 6.26. The fourth-order valence-electron chi connectivity index (χ4n) is 2.77. The average molecular weight is 367 g/mol. The van der Waals surface area contributed by atoms with Gasteiger partial charge >= 0.3 is 0 Å². The summed E-state index contributed by atoms with van der Waals surface area (Å²) in [6.45, 7) is 2.60. The first-order chi connectivity index (χ1) is 13.1. The summed E-state index contributed by atoms with van der Waals surface area (Å²) in [5.41, 5.74) is 2.22. The summed E-state index contributed by atoms with van der Waals surface area (Å²) < 4.78 is 16.3. The van der Waals surface area contributed by atoms with E-state index in [1.54, 1.807) is 14.2 Å². The Hall–Kier alpha value is -2.72. The molecule has 0 aromatic heterocycles. The molecule has 2 aromatic carbocycles. The Labute approximate surface area is 162 Å². The minimum absolute atomic E-state index is 0.158. The van der Waals surface area contributed by atoms with E-state index in [-0.39, 0.29) is 6.04 Å². The standard InChI is InChI=1S/C23H29NO3/c1-6-27-23(19-12-16-21(26-5)17-13-19)9-7-8-22(24(2)3)18-10-14-20(25-4)15-11-18/h7-17,22H,6H2,1-5H3/b8-7+,23-9+. The molecule has 4 nitrogen and oxygen atoms in total. The van der Waals surface area contributed by atoms with Gasteiger partial charge in [-0.1, -0.05) is 24.3 Å². The van der Waals surface area contributed by atoms with Crippen molar-refractivity contribution in [2.45, 2.75) is 13.0 Å². The number of ether oxygens (including phenoxy) is 3. The number of methoxy groups -OCH3 is 2. The summed E-state index contributed by atoms with van der Waals surface area (Å²) in [4.78, 5) is 2.17.